The number of piperazine rings is 1. The molecule has 1 heterocycles. The predicted octanol–water partition coefficient (Wildman–Crippen LogP) is 1.26. The fourth-order valence-electron chi connectivity index (χ4n) is 2.41. The number of urea groups is 1. The molecule has 116 valence electrons. The molecule has 1 aliphatic heterocycles. The Kier molecular flexibility index (Phi) is 5.68. The molecule has 0 aromatic heterocycles. The van der Waals surface area contributed by atoms with Gasteiger partial charge in [-0.05, 0) is 18.6 Å². The number of methoxy groups -OCH3 is 1. The van der Waals surface area contributed by atoms with Gasteiger partial charge in [-0.25, -0.2) is 4.79 Å². The van der Waals surface area contributed by atoms with Gasteiger partial charge in [-0.2, -0.15) is 0 Å². The maximum atomic E-state index is 12.0. The number of amides is 2. The van der Waals surface area contributed by atoms with E-state index in [4.69, 9.17) is 4.74 Å². The van der Waals surface area contributed by atoms with Crippen LogP contribution in [0.3, 0.4) is 0 Å². The van der Waals surface area contributed by atoms with Gasteiger partial charge < -0.3 is 25.0 Å². The van der Waals surface area contributed by atoms with Crippen molar-refractivity contribution >= 4 is 11.7 Å². The number of nitrogens with one attached hydrogen (secondary N) is 1. The summed E-state index contributed by atoms with van der Waals surface area (Å²) in [5.74, 6) is 0.287. The summed E-state index contributed by atoms with van der Waals surface area (Å²) in [6.45, 7) is 4.05. The van der Waals surface area contributed by atoms with Crippen molar-refractivity contribution in [3.63, 3.8) is 0 Å². The van der Waals surface area contributed by atoms with E-state index in [2.05, 4.69) is 10.2 Å². The largest absolute Gasteiger partial charge is 0.506 e. The first-order chi connectivity index (χ1) is 10.2. The molecule has 2 N–H and O–H groups in total. The topological polar surface area (TPSA) is 65.0 Å². The van der Waals surface area contributed by atoms with Crippen LogP contribution in [0.2, 0.25) is 0 Å². The Labute approximate surface area is 125 Å². The first kappa shape index (κ1) is 15.4. The summed E-state index contributed by atoms with van der Waals surface area (Å²) < 4.78 is 4.95. The molecule has 6 heteroatoms. The molecule has 21 heavy (non-hydrogen) atoms. The van der Waals surface area contributed by atoms with E-state index in [1.165, 1.54) is 0 Å². The number of phenols is 1. The van der Waals surface area contributed by atoms with Crippen molar-refractivity contribution in [1.82, 2.24) is 10.2 Å². The number of carbonyl (C=O) groups is 1. The number of phenolic OH excluding ortho intramolecular Hbond substituents is 1. The van der Waals surface area contributed by atoms with Gasteiger partial charge in [0.1, 0.15) is 5.75 Å². The number of carbonyl (C=O) groups excluding carboxylic acids is 1. The molecule has 6 nitrogen and oxygen atoms in total. The van der Waals surface area contributed by atoms with E-state index in [0.717, 1.165) is 25.2 Å². The molecule has 0 spiro atoms. The van der Waals surface area contributed by atoms with Gasteiger partial charge in [0.25, 0.3) is 0 Å². The van der Waals surface area contributed by atoms with Crippen LogP contribution >= 0.6 is 0 Å². The third-order valence-corrected chi connectivity index (χ3v) is 3.59. The Morgan fingerprint density at radius 1 is 1.29 bits per heavy atom. The Bertz CT molecular complexity index is 459. The fourth-order valence-corrected chi connectivity index (χ4v) is 2.41. The molecule has 1 saturated heterocycles. The van der Waals surface area contributed by atoms with Crippen molar-refractivity contribution in [1.29, 1.82) is 0 Å². The van der Waals surface area contributed by atoms with Crippen LogP contribution in [0.5, 0.6) is 5.75 Å². The normalized spacial score (nSPS) is 15.1. The molecule has 0 aliphatic carbocycles. The second-order valence-electron chi connectivity index (χ2n) is 5.04. The van der Waals surface area contributed by atoms with Crippen LogP contribution in [0.1, 0.15) is 6.42 Å². The second kappa shape index (κ2) is 7.73. The van der Waals surface area contributed by atoms with Crippen molar-refractivity contribution in [2.75, 3.05) is 51.3 Å². The van der Waals surface area contributed by atoms with Gasteiger partial charge in [0.05, 0.1) is 5.69 Å². The van der Waals surface area contributed by atoms with E-state index in [1.54, 1.807) is 13.2 Å². The van der Waals surface area contributed by atoms with E-state index >= 15 is 0 Å². The molecule has 1 fully saturated rings. The Hall–Kier alpha value is -1.95. The van der Waals surface area contributed by atoms with Gasteiger partial charge in [-0.1, -0.05) is 12.1 Å². The highest BCUT2D eigenvalue weighted by Gasteiger charge is 2.22. The average molecular weight is 293 g/mol. The molecular formula is C15H23N3O3. The summed E-state index contributed by atoms with van der Waals surface area (Å²) in [5, 5.41) is 12.8. The van der Waals surface area contributed by atoms with Gasteiger partial charge in [0.15, 0.2) is 0 Å². The Morgan fingerprint density at radius 2 is 2.00 bits per heavy atom. The number of hydrogen-bond donors (Lipinski definition) is 2. The zero-order valence-corrected chi connectivity index (χ0v) is 12.4. The minimum atomic E-state index is -0.0250. The van der Waals surface area contributed by atoms with E-state index < -0.39 is 0 Å². The summed E-state index contributed by atoms with van der Waals surface area (Å²) in [4.78, 5) is 15.9. The summed E-state index contributed by atoms with van der Waals surface area (Å²) >= 11 is 0. The number of anilines is 1. The zero-order valence-electron chi connectivity index (χ0n) is 12.4. The molecule has 0 bridgehead atoms. The maximum absolute atomic E-state index is 12.0. The quantitative estimate of drug-likeness (QED) is 0.802. The highest BCUT2D eigenvalue weighted by Crippen LogP contribution is 2.27. The van der Waals surface area contributed by atoms with E-state index in [-0.39, 0.29) is 11.8 Å². The number of benzene rings is 1. The molecule has 1 aliphatic rings. The number of ether oxygens (including phenoxy) is 1. The number of aromatic hydroxyl groups is 1. The van der Waals surface area contributed by atoms with Crippen LogP contribution in [0.15, 0.2) is 24.3 Å². The molecule has 1 aromatic rings. The number of nitrogens with zero attached hydrogens (tertiary/aromatic N) is 2. The Morgan fingerprint density at radius 3 is 2.67 bits per heavy atom. The molecule has 0 unspecified atom stereocenters. The molecule has 2 rings (SSSR count). The molecule has 0 saturated carbocycles. The van der Waals surface area contributed by atoms with Gasteiger partial charge >= 0.3 is 6.03 Å². The summed E-state index contributed by atoms with van der Waals surface area (Å²) in [6, 6.07) is 7.27. The highest BCUT2D eigenvalue weighted by atomic mass is 16.5. The van der Waals surface area contributed by atoms with Crippen LogP contribution in [-0.2, 0) is 4.74 Å². The van der Waals surface area contributed by atoms with E-state index in [9.17, 15) is 9.90 Å². The first-order valence-corrected chi connectivity index (χ1v) is 7.27. The minimum absolute atomic E-state index is 0.0250. The van der Waals surface area contributed by atoms with Crippen LogP contribution < -0.4 is 10.2 Å². The lowest BCUT2D eigenvalue weighted by molar-refractivity contribution is 0.183. The molecular weight excluding hydrogens is 270 g/mol. The van der Waals surface area contributed by atoms with Crippen molar-refractivity contribution in [2.45, 2.75) is 6.42 Å². The van der Waals surface area contributed by atoms with Gasteiger partial charge in [0.2, 0.25) is 0 Å². The average Bonchev–Trinajstić information content (AvgIpc) is 2.52. The standard InChI is InChI=1S/C15H23N3O3/c1-21-12-4-7-16-15(20)18-10-8-17(9-11-18)13-5-2-3-6-14(13)19/h2-3,5-6,19H,4,7-12H2,1H3,(H,16,20). The Balaban J connectivity index is 1.78. The van der Waals surface area contributed by atoms with Crippen molar-refractivity contribution in [2.24, 2.45) is 0 Å². The molecule has 2 amide bonds. The first-order valence-electron chi connectivity index (χ1n) is 7.27. The van der Waals surface area contributed by atoms with Crippen molar-refractivity contribution in [3.8, 4) is 5.75 Å². The molecule has 0 radical (unpaired) electrons. The van der Waals surface area contributed by atoms with Crippen LogP contribution in [0, 0.1) is 0 Å². The second-order valence-corrected chi connectivity index (χ2v) is 5.04. The van der Waals surface area contributed by atoms with Gasteiger partial charge in [-0.3, -0.25) is 0 Å². The summed E-state index contributed by atoms with van der Waals surface area (Å²) in [6.07, 6.45) is 0.820. The SMILES string of the molecule is COCCCNC(=O)N1CCN(c2ccccc2O)CC1. The zero-order chi connectivity index (χ0) is 15.1. The van der Waals surface area contributed by atoms with E-state index in [1.807, 2.05) is 23.1 Å². The lowest BCUT2D eigenvalue weighted by Gasteiger charge is -2.36. The van der Waals surface area contributed by atoms with Crippen LogP contribution in [-0.4, -0.2) is 62.5 Å². The van der Waals surface area contributed by atoms with Crippen molar-refractivity contribution < 1.29 is 14.6 Å². The third kappa shape index (κ3) is 4.26. The third-order valence-electron chi connectivity index (χ3n) is 3.59. The summed E-state index contributed by atoms with van der Waals surface area (Å²) in [7, 11) is 1.65. The monoisotopic (exact) mass is 293 g/mol. The maximum Gasteiger partial charge on any atom is 0.317 e. The number of para-hydroxylation sites is 2. The lowest BCUT2D eigenvalue weighted by Crippen LogP contribution is -2.52. The summed E-state index contributed by atoms with van der Waals surface area (Å²) in [5.41, 5.74) is 0.831. The number of rotatable bonds is 5. The van der Waals surface area contributed by atoms with E-state index in [0.29, 0.717) is 26.2 Å². The van der Waals surface area contributed by atoms with Crippen LogP contribution in [0.25, 0.3) is 0 Å². The predicted molar refractivity (Wildman–Crippen MR) is 81.8 cm³/mol. The molecule has 0 atom stereocenters. The fraction of sp³-hybridized carbons (Fsp3) is 0.533. The minimum Gasteiger partial charge on any atom is -0.506 e. The van der Waals surface area contributed by atoms with Crippen LogP contribution in [0.4, 0.5) is 10.5 Å². The highest BCUT2D eigenvalue weighted by molar-refractivity contribution is 5.74. The van der Waals surface area contributed by atoms with Crippen molar-refractivity contribution in [3.05, 3.63) is 24.3 Å². The number of hydrogen-bond acceptors (Lipinski definition) is 4. The lowest BCUT2D eigenvalue weighted by atomic mass is 10.2. The van der Waals surface area contributed by atoms with Gasteiger partial charge in [-0.15, -0.1) is 0 Å². The van der Waals surface area contributed by atoms with Gasteiger partial charge in [0, 0.05) is 46.4 Å². The smallest absolute Gasteiger partial charge is 0.317 e. The molecule has 1 aromatic carbocycles.